The Morgan fingerprint density at radius 3 is 2.75 bits per heavy atom. The Kier molecular flexibility index (Phi) is 6.03. The van der Waals surface area contributed by atoms with Gasteiger partial charge in [-0.3, -0.25) is 9.59 Å². The lowest BCUT2D eigenvalue weighted by atomic mass is 10.0. The maximum absolute atomic E-state index is 11.6. The highest BCUT2D eigenvalue weighted by atomic mass is 16.3. The second-order valence-corrected chi connectivity index (χ2v) is 5.18. The quantitative estimate of drug-likeness (QED) is 0.750. The fraction of sp³-hybridized carbons (Fsp3) is 0.467. The van der Waals surface area contributed by atoms with Crippen LogP contribution in [0.5, 0.6) is 0 Å². The Bertz CT molecular complexity index is 461. The van der Waals surface area contributed by atoms with Crippen molar-refractivity contribution in [1.29, 1.82) is 0 Å². The van der Waals surface area contributed by atoms with Crippen molar-refractivity contribution in [2.75, 3.05) is 6.54 Å². The van der Waals surface area contributed by atoms with E-state index >= 15 is 0 Å². The van der Waals surface area contributed by atoms with Crippen LogP contribution in [0.1, 0.15) is 39.4 Å². The number of hydrogen-bond acceptors (Lipinski definition) is 3. The summed E-state index contributed by atoms with van der Waals surface area (Å²) >= 11 is 0. The average molecular weight is 278 g/mol. The van der Waals surface area contributed by atoms with E-state index in [9.17, 15) is 9.59 Å². The van der Waals surface area contributed by atoms with Gasteiger partial charge in [-0.15, -0.1) is 0 Å². The Balaban J connectivity index is 2.23. The van der Waals surface area contributed by atoms with Crippen LogP contribution in [-0.2, 0) is 9.59 Å². The lowest BCUT2D eigenvalue weighted by Crippen LogP contribution is -2.43. The molecule has 0 aliphatic carbocycles. The Labute approximate surface area is 119 Å². The summed E-state index contributed by atoms with van der Waals surface area (Å²) in [4.78, 5) is 23.1. The molecule has 0 atom stereocenters. The Morgan fingerprint density at radius 2 is 2.15 bits per heavy atom. The standard InChI is InChI=1S/C15H22N2O3/c1-4-15(2,3)17-14(19)9-10-16-13(18)8-7-12-6-5-11-20-12/h5-8,11H,4,9-10H2,1-3H3,(H,16,18)(H,17,19). The molecule has 0 bridgehead atoms. The van der Waals surface area contributed by atoms with Gasteiger partial charge in [0.15, 0.2) is 0 Å². The summed E-state index contributed by atoms with van der Waals surface area (Å²) in [6.45, 7) is 6.26. The first-order valence-electron chi connectivity index (χ1n) is 6.73. The number of carbonyl (C=O) groups is 2. The minimum Gasteiger partial charge on any atom is -0.465 e. The molecule has 5 heteroatoms. The highest BCUT2D eigenvalue weighted by Gasteiger charge is 2.17. The van der Waals surface area contributed by atoms with E-state index in [-0.39, 0.29) is 23.8 Å². The van der Waals surface area contributed by atoms with Crippen LogP contribution in [0.3, 0.4) is 0 Å². The molecule has 0 radical (unpaired) electrons. The van der Waals surface area contributed by atoms with Gasteiger partial charge in [-0.05, 0) is 38.5 Å². The summed E-state index contributed by atoms with van der Waals surface area (Å²) in [6, 6.07) is 3.50. The van der Waals surface area contributed by atoms with Gasteiger partial charge in [0, 0.05) is 24.6 Å². The monoisotopic (exact) mass is 278 g/mol. The first-order chi connectivity index (χ1) is 9.43. The second-order valence-electron chi connectivity index (χ2n) is 5.18. The van der Waals surface area contributed by atoms with E-state index in [0.29, 0.717) is 12.3 Å². The number of carbonyl (C=O) groups excluding carboxylic acids is 2. The molecular weight excluding hydrogens is 256 g/mol. The van der Waals surface area contributed by atoms with E-state index in [1.807, 2.05) is 20.8 Å². The van der Waals surface area contributed by atoms with Crippen molar-refractivity contribution < 1.29 is 14.0 Å². The minimum atomic E-state index is -0.246. The second kappa shape index (κ2) is 7.53. The highest BCUT2D eigenvalue weighted by molar-refractivity contribution is 5.91. The molecule has 110 valence electrons. The molecule has 2 N–H and O–H groups in total. The van der Waals surface area contributed by atoms with Crippen molar-refractivity contribution in [3.63, 3.8) is 0 Å². The van der Waals surface area contributed by atoms with Crippen LogP contribution in [-0.4, -0.2) is 23.9 Å². The molecule has 0 aliphatic rings. The van der Waals surface area contributed by atoms with E-state index < -0.39 is 0 Å². The van der Waals surface area contributed by atoms with Crippen LogP contribution in [0.2, 0.25) is 0 Å². The molecule has 0 saturated heterocycles. The summed E-state index contributed by atoms with van der Waals surface area (Å²) in [5, 5.41) is 5.56. The van der Waals surface area contributed by atoms with Gasteiger partial charge >= 0.3 is 0 Å². The molecule has 20 heavy (non-hydrogen) atoms. The van der Waals surface area contributed by atoms with Crippen molar-refractivity contribution in [1.82, 2.24) is 10.6 Å². The van der Waals surface area contributed by atoms with Crippen molar-refractivity contribution in [3.05, 3.63) is 30.2 Å². The van der Waals surface area contributed by atoms with Gasteiger partial charge in [0.25, 0.3) is 0 Å². The van der Waals surface area contributed by atoms with Crippen molar-refractivity contribution in [2.45, 2.75) is 39.2 Å². The zero-order valence-corrected chi connectivity index (χ0v) is 12.2. The molecule has 0 aromatic carbocycles. The fourth-order valence-corrected chi connectivity index (χ4v) is 1.43. The molecule has 0 aliphatic heterocycles. The number of hydrogen-bond donors (Lipinski definition) is 2. The van der Waals surface area contributed by atoms with Crippen molar-refractivity contribution >= 4 is 17.9 Å². The average Bonchev–Trinajstić information content (AvgIpc) is 2.89. The SMILES string of the molecule is CCC(C)(C)NC(=O)CCNC(=O)C=Cc1ccco1. The predicted octanol–water partition coefficient (Wildman–Crippen LogP) is 2.10. The third-order valence-corrected chi connectivity index (χ3v) is 2.96. The predicted molar refractivity (Wildman–Crippen MR) is 77.9 cm³/mol. The Morgan fingerprint density at radius 1 is 1.40 bits per heavy atom. The summed E-state index contributed by atoms with van der Waals surface area (Å²) < 4.78 is 5.06. The molecule has 1 heterocycles. The lowest BCUT2D eigenvalue weighted by molar-refractivity contribution is -0.122. The first kappa shape index (κ1) is 16.0. The van der Waals surface area contributed by atoms with Gasteiger partial charge in [0.1, 0.15) is 5.76 Å². The number of rotatable bonds is 7. The maximum Gasteiger partial charge on any atom is 0.244 e. The summed E-state index contributed by atoms with van der Waals surface area (Å²) in [6.07, 6.45) is 5.63. The number of amides is 2. The molecule has 1 aromatic heterocycles. The van der Waals surface area contributed by atoms with E-state index in [4.69, 9.17) is 4.42 Å². The Hall–Kier alpha value is -2.04. The summed E-state index contributed by atoms with van der Waals surface area (Å²) in [5.41, 5.74) is -0.208. The molecule has 1 aromatic rings. The molecule has 0 saturated carbocycles. The molecule has 0 unspecified atom stereocenters. The van der Waals surface area contributed by atoms with Crippen molar-refractivity contribution in [3.8, 4) is 0 Å². The van der Waals surface area contributed by atoms with Crippen LogP contribution in [0.4, 0.5) is 0 Å². The van der Waals surface area contributed by atoms with E-state index in [1.54, 1.807) is 18.2 Å². The van der Waals surface area contributed by atoms with E-state index in [0.717, 1.165) is 6.42 Å². The zero-order valence-electron chi connectivity index (χ0n) is 12.2. The van der Waals surface area contributed by atoms with Crippen molar-refractivity contribution in [2.24, 2.45) is 0 Å². The molecule has 1 rings (SSSR count). The molecule has 2 amide bonds. The van der Waals surface area contributed by atoms with E-state index in [2.05, 4.69) is 10.6 Å². The van der Waals surface area contributed by atoms with Gasteiger partial charge in [-0.25, -0.2) is 0 Å². The van der Waals surface area contributed by atoms with Gasteiger partial charge in [-0.1, -0.05) is 6.92 Å². The van der Waals surface area contributed by atoms with Crippen LogP contribution in [0, 0.1) is 0 Å². The lowest BCUT2D eigenvalue weighted by Gasteiger charge is -2.24. The largest absolute Gasteiger partial charge is 0.465 e. The minimum absolute atomic E-state index is 0.0628. The summed E-state index contributed by atoms with van der Waals surface area (Å²) in [7, 11) is 0. The highest BCUT2D eigenvalue weighted by Crippen LogP contribution is 2.06. The van der Waals surface area contributed by atoms with Crippen LogP contribution in [0.15, 0.2) is 28.9 Å². The molecule has 5 nitrogen and oxygen atoms in total. The topological polar surface area (TPSA) is 71.3 Å². The molecular formula is C15H22N2O3. The summed E-state index contributed by atoms with van der Waals surface area (Å²) in [5.74, 6) is 0.304. The normalized spacial score (nSPS) is 11.6. The van der Waals surface area contributed by atoms with Gasteiger partial charge in [0.05, 0.1) is 6.26 Å². The molecule has 0 spiro atoms. The smallest absolute Gasteiger partial charge is 0.244 e. The van der Waals surface area contributed by atoms with Crippen LogP contribution < -0.4 is 10.6 Å². The fourth-order valence-electron chi connectivity index (χ4n) is 1.43. The van der Waals surface area contributed by atoms with Crippen LogP contribution in [0.25, 0.3) is 6.08 Å². The van der Waals surface area contributed by atoms with Gasteiger partial charge in [-0.2, -0.15) is 0 Å². The third kappa shape index (κ3) is 6.22. The van der Waals surface area contributed by atoms with E-state index in [1.165, 1.54) is 12.3 Å². The van der Waals surface area contributed by atoms with Crippen LogP contribution >= 0.6 is 0 Å². The zero-order chi connectivity index (χ0) is 15.0. The number of nitrogens with one attached hydrogen (secondary N) is 2. The molecule has 0 fully saturated rings. The number of furan rings is 1. The van der Waals surface area contributed by atoms with Gasteiger partial charge < -0.3 is 15.1 Å². The third-order valence-electron chi connectivity index (χ3n) is 2.96. The first-order valence-corrected chi connectivity index (χ1v) is 6.73. The van der Waals surface area contributed by atoms with Gasteiger partial charge in [0.2, 0.25) is 11.8 Å². The maximum atomic E-state index is 11.6.